The highest BCUT2D eigenvalue weighted by Crippen LogP contribution is 2.11. The highest BCUT2D eigenvalue weighted by atomic mass is 35.5. The number of halogens is 2. The molecule has 0 aromatic heterocycles. The van der Waals surface area contributed by atoms with E-state index < -0.39 is 11.3 Å². The molecule has 0 bridgehead atoms. The van der Waals surface area contributed by atoms with Crippen LogP contribution in [0.4, 0.5) is 4.79 Å². The first kappa shape index (κ1) is 19.3. The Kier molecular flexibility index (Phi) is 7.76. The smallest absolute Gasteiger partial charge is 0.410 e. The molecule has 0 aliphatic rings. The number of nitrogens with zero attached hydrogens (tertiary/aromatic N) is 1. The van der Waals surface area contributed by atoms with Crippen molar-refractivity contribution in [3.05, 3.63) is 70.7 Å². The molecule has 0 N–H and O–H groups in total. The van der Waals surface area contributed by atoms with Gasteiger partial charge >= 0.3 is 6.09 Å². The van der Waals surface area contributed by atoms with Crippen LogP contribution in [-0.2, 0) is 22.6 Å². The zero-order valence-electron chi connectivity index (χ0n) is 13.7. The van der Waals surface area contributed by atoms with Crippen LogP contribution in [0.5, 0.6) is 0 Å². The maximum absolute atomic E-state index is 12.3. The van der Waals surface area contributed by atoms with Gasteiger partial charge in [-0.3, -0.25) is 4.79 Å². The molecular weight excluding hydrogens is 361 g/mol. The van der Waals surface area contributed by atoms with Gasteiger partial charge in [-0.2, -0.15) is 0 Å². The summed E-state index contributed by atoms with van der Waals surface area (Å²) in [4.78, 5) is 24.9. The minimum Gasteiger partial charge on any atom is -0.445 e. The second kappa shape index (κ2) is 10.1. The normalized spacial score (nSPS) is 10.3. The van der Waals surface area contributed by atoms with E-state index in [4.69, 9.17) is 27.9 Å². The summed E-state index contributed by atoms with van der Waals surface area (Å²) in [6.07, 6.45) is 0.257. The number of hydrogen-bond donors (Lipinski definition) is 0. The van der Waals surface area contributed by atoms with Crippen molar-refractivity contribution in [2.75, 3.05) is 13.1 Å². The van der Waals surface area contributed by atoms with Gasteiger partial charge in [-0.25, -0.2) is 4.79 Å². The van der Waals surface area contributed by atoms with E-state index in [0.717, 1.165) is 11.1 Å². The summed E-state index contributed by atoms with van der Waals surface area (Å²) >= 11 is 11.3. The predicted molar refractivity (Wildman–Crippen MR) is 98.8 cm³/mol. The third-order valence-corrected chi connectivity index (χ3v) is 4.07. The van der Waals surface area contributed by atoms with Gasteiger partial charge in [-0.15, -0.1) is 0 Å². The SMILES string of the molecule is O=C(Cl)CCN(CCc1ccc(Cl)cc1)C(=O)OCc1ccccc1. The second-order valence-electron chi connectivity index (χ2n) is 5.51. The molecule has 0 fully saturated rings. The molecule has 1 amide bonds. The standard InChI is InChI=1S/C19H19Cl2NO3/c20-17-8-6-15(7-9-17)10-12-22(13-11-18(21)23)19(24)25-14-16-4-2-1-3-5-16/h1-9H,10-14H2. The monoisotopic (exact) mass is 379 g/mol. The molecule has 0 aliphatic heterocycles. The van der Waals surface area contributed by atoms with E-state index in [1.165, 1.54) is 4.90 Å². The molecule has 2 aromatic carbocycles. The Morgan fingerprint density at radius 2 is 1.60 bits per heavy atom. The average Bonchev–Trinajstić information content (AvgIpc) is 2.62. The van der Waals surface area contributed by atoms with E-state index in [-0.39, 0.29) is 19.6 Å². The highest BCUT2D eigenvalue weighted by molar-refractivity contribution is 6.63. The van der Waals surface area contributed by atoms with E-state index >= 15 is 0 Å². The number of carbonyl (C=O) groups excluding carboxylic acids is 2. The summed E-state index contributed by atoms with van der Waals surface area (Å²) in [6, 6.07) is 16.8. The second-order valence-corrected chi connectivity index (χ2v) is 6.37. The van der Waals surface area contributed by atoms with Crippen molar-refractivity contribution in [3.8, 4) is 0 Å². The van der Waals surface area contributed by atoms with Crippen molar-refractivity contribution < 1.29 is 14.3 Å². The van der Waals surface area contributed by atoms with Crippen LogP contribution in [0.25, 0.3) is 0 Å². The van der Waals surface area contributed by atoms with Crippen LogP contribution in [0.1, 0.15) is 17.5 Å². The summed E-state index contributed by atoms with van der Waals surface area (Å²) in [5.41, 5.74) is 1.95. The zero-order valence-corrected chi connectivity index (χ0v) is 15.2. The van der Waals surface area contributed by atoms with Gasteiger partial charge in [0.15, 0.2) is 0 Å². The maximum atomic E-state index is 12.3. The summed E-state index contributed by atoms with van der Waals surface area (Å²) in [7, 11) is 0. The largest absolute Gasteiger partial charge is 0.445 e. The van der Waals surface area contributed by atoms with Crippen LogP contribution in [0, 0.1) is 0 Å². The highest BCUT2D eigenvalue weighted by Gasteiger charge is 2.16. The van der Waals surface area contributed by atoms with E-state index in [1.807, 2.05) is 42.5 Å². The molecule has 2 rings (SSSR count). The molecule has 0 aliphatic carbocycles. The van der Waals surface area contributed by atoms with Crippen LogP contribution in [0.2, 0.25) is 5.02 Å². The summed E-state index contributed by atoms with van der Waals surface area (Å²) in [5, 5.41) is 0.183. The van der Waals surface area contributed by atoms with Gasteiger partial charge in [0.2, 0.25) is 5.24 Å². The lowest BCUT2D eigenvalue weighted by Gasteiger charge is -2.21. The Balaban J connectivity index is 1.92. The summed E-state index contributed by atoms with van der Waals surface area (Å²) in [6.45, 7) is 0.842. The topological polar surface area (TPSA) is 46.6 Å². The maximum Gasteiger partial charge on any atom is 0.410 e. The Morgan fingerprint density at radius 3 is 2.24 bits per heavy atom. The van der Waals surface area contributed by atoms with Crippen LogP contribution in [0.15, 0.2) is 54.6 Å². The van der Waals surface area contributed by atoms with Gasteiger partial charge < -0.3 is 9.64 Å². The van der Waals surface area contributed by atoms with Crippen LogP contribution in [-0.4, -0.2) is 29.3 Å². The molecule has 2 aromatic rings. The Bertz CT molecular complexity index is 690. The third kappa shape index (κ3) is 7.16. The Morgan fingerprint density at radius 1 is 0.920 bits per heavy atom. The number of benzene rings is 2. The lowest BCUT2D eigenvalue weighted by atomic mass is 10.1. The van der Waals surface area contributed by atoms with Crippen molar-refractivity contribution >= 4 is 34.5 Å². The fourth-order valence-corrected chi connectivity index (χ4v) is 2.45. The molecule has 0 saturated carbocycles. The number of hydrogen-bond acceptors (Lipinski definition) is 3. The number of rotatable bonds is 8. The summed E-state index contributed by atoms with van der Waals surface area (Å²) in [5.74, 6) is 0. The predicted octanol–water partition coefficient (Wildman–Crippen LogP) is 4.68. The average molecular weight is 380 g/mol. The van der Waals surface area contributed by atoms with Crippen molar-refractivity contribution in [2.45, 2.75) is 19.4 Å². The number of carbonyl (C=O) groups is 2. The molecule has 0 heterocycles. The van der Waals surface area contributed by atoms with Crippen molar-refractivity contribution in [1.82, 2.24) is 4.90 Å². The molecular formula is C19H19Cl2NO3. The molecule has 4 nitrogen and oxygen atoms in total. The molecule has 0 radical (unpaired) electrons. The third-order valence-electron chi connectivity index (χ3n) is 3.63. The van der Waals surface area contributed by atoms with Gasteiger partial charge in [0, 0.05) is 24.5 Å². The van der Waals surface area contributed by atoms with Gasteiger partial charge in [-0.05, 0) is 41.3 Å². The molecule has 25 heavy (non-hydrogen) atoms. The van der Waals surface area contributed by atoms with Gasteiger partial charge in [0.25, 0.3) is 0 Å². The Labute approximate surface area is 157 Å². The Hall–Kier alpha value is -2.04. The molecule has 0 unspecified atom stereocenters. The van der Waals surface area contributed by atoms with Crippen molar-refractivity contribution in [1.29, 1.82) is 0 Å². The van der Waals surface area contributed by atoms with Crippen LogP contribution in [0.3, 0.4) is 0 Å². The molecule has 0 atom stereocenters. The minimum absolute atomic E-state index is 0.0859. The quantitative estimate of drug-likeness (QED) is 0.625. The zero-order chi connectivity index (χ0) is 18.1. The van der Waals surface area contributed by atoms with Gasteiger partial charge in [0.1, 0.15) is 6.61 Å². The lowest BCUT2D eigenvalue weighted by Crippen LogP contribution is -2.35. The van der Waals surface area contributed by atoms with Crippen LogP contribution < -0.4 is 0 Å². The summed E-state index contributed by atoms with van der Waals surface area (Å²) < 4.78 is 5.34. The molecule has 0 spiro atoms. The fourth-order valence-electron chi connectivity index (χ4n) is 2.24. The number of amides is 1. The first-order valence-electron chi connectivity index (χ1n) is 7.93. The van der Waals surface area contributed by atoms with Gasteiger partial charge in [0.05, 0.1) is 0 Å². The van der Waals surface area contributed by atoms with E-state index in [9.17, 15) is 9.59 Å². The minimum atomic E-state index is -0.479. The lowest BCUT2D eigenvalue weighted by molar-refractivity contribution is -0.111. The van der Waals surface area contributed by atoms with Gasteiger partial charge in [-0.1, -0.05) is 54.1 Å². The van der Waals surface area contributed by atoms with Crippen molar-refractivity contribution in [2.24, 2.45) is 0 Å². The van der Waals surface area contributed by atoms with Crippen LogP contribution >= 0.6 is 23.2 Å². The fraction of sp³-hybridized carbons (Fsp3) is 0.263. The van der Waals surface area contributed by atoms with E-state index in [0.29, 0.717) is 18.0 Å². The van der Waals surface area contributed by atoms with E-state index in [2.05, 4.69) is 0 Å². The molecule has 132 valence electrons. The first-order chi connectivity index (χ1) is 12.0. The van der Waals surface area contributed by atoms with E-state index in [1.54, 1.807) is 12.1 Å². The first-order valence-corrected chi connectivity index (χ1v) is 8.68. The molecule has 0 saturated heterocycles. The number of ether oxygens (including phenoxy) is 1. The van der Waals surface area contributed by atoms with Crippen molar-refractivity contribution in [3.63, 3.8) is 0 Å². The molecule has 6 heteroatoms.